The van der Waals surface area contributed by atoms with Gasteiger partial charge in [0.15, 0.2) is 0 Å². The van der Waals surface area contributed by atoms with E-state index in [1.807, 2.05) is 29.2 Å². The van der Waals surface area contributed by atoms with Gasteiger partial charge in [0.25, 0.3) is 5.91 Å². The van der Waals surface area contributed by atoms with Crippen molar-refractivity contribution in [3.8, 4) is 5.75 Å². The van der Waals surface area contributed by atoms with Crippen LogP contribution in [0, 0.1) is 11.8 Å². The third-order valence-corrected chi connectivity index (χ3v) is 3.71. The van der Waals surface area contributed by atoms with Crippen molar-refractivity contribution in [2.24, 2.45) is 11.8 Å². The highest BCUT2D eigenvalue weighted by Crippen LogP contribution is 2.26. The van der Waals surface area contributed by atoms with Crippen LogP contribution < -0.4 is 4.74 Å². The van der Waals surface area contributed by atoms with Gasteiger partial charge in [-0.2, -0.15) is 0 Å². The van der Waals surface area contributed by atoms with E-state index in [4.69, 9.17) is 4.74 Å². The Balaban J connectivity index is 2.19. The van der Waals surface area contributed by atoms with Gasteiger partial charge in [-0.15, -0.1) is 0 Å². The number of nitrogens with zero attached hydrogens (tertiary/aromatic N) is 1. The molecule has 0 aromatic heterocycles. The van der Waals surface area contributed by atoms with Crippen molar-refractivity contribution in [1.82, 2.24) is 4.90 Å². The summed E-state index contributed by atoms with van der Waals surface area (Å²) in [5.41, 5.74) is 1.05. The van der Waals surface area contributed by atoms with Gasteiger partial charge in [-0.3, -0.25) is 4.79 Å². The number of benzene rings is 1. The fourth-order valence-corrected chi connectivity index (χ4v) is 3.07. The first-order chi connectivity index (χ1) is 9.11. The maximum Gasteiger partial charge on any atom is 0.257 e. The van der Waals surface area contributed by atoms with Gasteiger partial charge in [0.05, 0.1) is 5.56 Å². The summed E-state index contributed by atoms with van der Waals surface area (Å²) in [6.45, 7) is 6.09. The molecule has 0 radical (unpaired) electrons. The van der Waals surface area contributed by atoms with Gasteiger partial charge in [-0.1, -0.05) is 26.0 Å². The summed E-state index contributed by atoms with van der Waals surface area (Å²) in [4.78, 5) is 14.6. The first-order valence-corrected chi connectivity index (χ1v) is 7.81. The molecule has 0 N–H and O–H groups in total. The summed E-state index contributed by atoms with van der Waals surface area (Å²) >= 11 is 3.24. The highest BCUT2D eigenvalue weighted by atomic mass is 79.9. The second kappa shape index (κ2) is 6.42. The minimum Gasteiger partial charge on any atom is -0.482 e. The summed E-state index contributed by atoms with van der Waals surface area (Å²) in [5.74, 6) is 1.86. The molecule has 1 fully saturated rings. The average molecular weight is 326 g/mol. The van der Waals surface area contributed by atoms with E-state index < -0.39 is 0 Å². The Morgan fingerprint density at radius 1 is 1.32 bits per heavy atom. The largest absolute Gasteiger partial charge is 0.482 e. The van der Waals surface area contributed by atoms with Crippen molar-refractivity contribution in [1.29, 1.82) is 0 Å². The Labute approximate surface area is 123 Å². The molecule has 4 heteroatoms. The number of para-hydroxylation sites is 1. The monoisotopic (exact) mass is 325 g/mol. The number of hydrogen-bond donors (Lipinski definition) is 0. The molecule has 1 saturated heterocycles. The van der Waals surface area contributed by atoms with Crippen molar-refractivity contribution in [3.05, 3.63) is 29.8 Å². The molecule has 1 aliphatic rings. The fourth-order valence-electron chi connectivity index (χ4n) is 2.83. The standard InChI is InChI=1S/C15H20BrNO2/c1-11-7-12(2)9-17(8-11)15(18)13-5-3-4-6-14(13)19-10-16/h3-6,11-12H,7-10H2,1-2H3. The van der Waals surface area contributed by atoms with Crippen LogP contribution in [0.1, 0.15) is 30.6 Å². The number of amides is 1. The smallest absolute Gasteiger partial charge is 0.257 e. The predicted octanol–water partition coefficient (Wildman–Crippen LogP) is 3.54. The van der Waals surface area contributed by atoms with E-state index in [9.17, 15) is 4.79 Å². The summed E-state index contributed by atoms with van der Waals surface area (Å²) in [5, 5.41) is 0. The van der Waals surface area contributed by atoms with Crippen LogP contribution in [-0.4, -0.2) is 29.4 Å². The second-order valence-corrected chi connectivity index (χ2v) is 5.86. The number of carbonyl (C=O) groups is 1. The average Bonchev–Trinajstić information content (AvgIpc) is 2.38. The summed E-state index contributed by atoms with van der Waals surface area (Å²) in [6, 6.07) is 7.44. The normalized spacial score (nSPS) is 23.2. The lowest BCUT2D eigenvalue weighted by Gasteiger charge is -2.35. The number of likely N-dealkylation sites (tertiary alicyclic amines) is 1. The van der Waals surface area contributed by atoms with Crippen LogP contribution in [0.2, 0.25) is 0 Å². The predicted molar refractivity (Wildman–Crippen MR) is 79.7 cm³/mol. The number of alkyl halides is 1. The summed E-state index contributed by atoms with van der Waals surface area (Å²) in [7, 11) is 0. The maximum atomic E-state index is 12.6. The third-order valence-electron chi connectivity index (χ3n) is 3.48. The molecule has 2 unspecified atom stereocenters. The minimum absolute atomic E-state index is 0.0787. The van der Waals surface area contributed by atoms with Gasteiger partial charge >= 0.3 is 0 Å². The molecule has 1 amide bonds. The van der Waals surface area contributed by atoms with Crippen LogP contribution in [0.25, 0.3) is 0 Å². The zero-order chi connectivity index (χ0) is 13.8. The van der Waals surface area contributed by atoms with Gasteiger partial charge < -0.3 is 9.64 Å². The van der Waals surface area contributed by atoms with E-state index in [1.54, 1.807) is 0 Å². The van der Waals surface area contributed by atoms with E-state index in [1.165, 1.54) is 6.42 Å². The minimum atomic E-state index is 0.0787. The zero-order valence-electron chi connectivity index (χ0n) is 11.4. The third kappa shape index (κ3) is 3.50. The number of rotatable bonds is 3. The Morgan fingerprint density at radius 2 is 1.95 bits per heavy atom. The lowest BCUT2D eigenvalue weighted by Crippen LogP contribution is -2.42. The molecule has 3 nitrogen and oxygen atoms in total. The maximum absolute atomic E-state index is 12.6. The number of ether oxygens (including phenoxy) is 1. The number of hydrogen-bond acceptors (Lipinski definition) is 2. The molecule has 2 atom stereocenters. The molecular formula is C15H20BrNO2. The van der Waals surface area contributed by atoms with Gasteiger partial charge in [-0.05, 0) is 46.3 Å². The van der Waals surface area contributed by atoms with Crippen molar-refractivity contribution >= 4 is 21.8 Å². The Bertz CT molecular complexity index is 440. The molecule has 0 saturated carbocycles. The van der Waals surface area contributed by atoms with E-state index >= 15 is 0 Å². The van der Waals surface area contributed by atoms with Crippen LogP contribution in [-0.2, 0) is 0 Å². The molecule has 1 aromatic rings. The lowest BCUT2D eigenvalue weighted by molar-refractivity contribution is 0.0619. The fraction of sp³-hybridized carbons (Fsp3) is 0.533. The van der Waals surface area contributed by atoms with Crippen LogP contribution >= 0.6 is 15.9 Å². The van der Waals surface area contributed by atoms with Crippen molar-refractivity contribution in [3.63, 3.8) is 0 Å². The number of carbonyl (C=O) groups excluding carboxylic acids is 1. The van der Waals surface area contributed by atoms with E-state index in [-0.39, 0.29) is 5.91 Å². The van der Waals surface area contributed by atoms with Gasteiger partial charge in [-0.25, -0.2) is 0 Å². The first kappa shape index (κ1) is 14.4. The molecule has 0 aliphatic carbocycles. The number of halogens is 1. The van der Waals surface area contributed by atoms with Gasteiger partial charge in [0.2, 0.25) is 0 Å². The molecular weight excluding hydrogens is 306 g/mol. The molecule has 104 valence electrons. The van der Waals surface area contributed by atoms with Crippen LogP contribution in [0.15, 0.2) is 24.3 Å². The Kier molecular flexibility index (Phi) is 4.86. The topological polar surface area (TPSA) is 29.5 Å². The summed E-state index contributed by atoms with van der Waals surface area (Å²) in [6.07, 6.45) is 1.20. The highest BCUT2D eigenvalue weighted by molar-refractivity contribution is 9.09. The molecule has 19 heavy (non-hydrogen) atoms. The van der Waals surface area contributed by atoms with Crippen molar-refractivity contribution < 1.29 is 9.53 Å². The van der Waals surface area contributed by atoms with E-state index in [0.717, 1.165) is 13.1 Å². The van der Waals surface area contributed by atoms with Crippen molar-refractivity contribution in [2.75, 3.05) is 18.6 Å². The summed E-state index contributed by atoms with van der Waals surface area (Å²) < 4.78 is 5.47. The second-order valence-electron chi connectivity index (χ2n) is 5.41. The molecule has 1 aromatic carbocycles. The van der Waals surface area contributed by atoms with Crippen molar-refractivity contribution in [2.45, 2.75) is 20.3 Å². The molecule has 0 bridgehead atoms. The SMILES string of the molecule is CC1CC(C)CN(C(=O)c2ccccc2OCBr)C1. The van der Waals surface area contributed by atoms with E-state index in [2.05, 4.69) is 29.8 Å². The van der Waals surface area contributed by atoms with Gasteiger partial charge in [0.1, 0.15) is 11.3 Å². The molecule has 1 aliphatic heterocycles. The molecule has 1 heterocycles. The first-order valence-electron chi connectivity index (χ1n) is 6.69. The quantitative estimate of drug-likeness (QED) is 0.795. The Hall–Kier alpha value is -1.03. The molecule has 0 spiro atoms. The lowest BCUT2D eigenvalue weighted by atomic mass is 9.91. The molecule has 2 rings (SSSR count). The van der Waals surface area contributed by atoms with Crippen LogP contribution in [0.3, 0.4) is 0 Å². The van der Waals surface area contributed by atoms with E-state index in [0.29, 0.717) is 28.7 Å². The number of piperidine rings is 1. The Morgan fingerprint density at radius 3 is 2.58 bits per heavy atom. The van der Waals surface area contributed by atoms with Gasteiger partial charge in [0, 0.05) is 13.1 Å². The van der Waals surface area contributed by atoms with Crippen LogP contribution in [0.5, 0.6) is 5.75 Å². The highest BCUT2D eigenvalue weighted by Gasteiger charge is 2.27. The zero-order valence-corrected chi connectivity index (χ0v) is 13.0. The van der Waals surface area contributed by atoms with Crippen LogP contribution in [0.4, 0.5) is 0 Å².